The highest BCUT2D eigenvalue weighted by Crippen LogP contribution is 2.32. The molecular formula is C31H36N6O6. The van der Waals surface area contributed by atoms with E-state index in [0.29, 0.717) is 47.8 Å². The number of aliphatic hydroxyl groups is 1. The van der Waals surface area contributed by atoms with Crippen LogP contribution in [-0.4, -0.2) is 62.4 Å². The minimum Gasteiger partial charge on any atom is -0.497 e. The Balaban J connectivity index is 1.19. The lowest BCUT2D eigenvalue weighted by Gasteiger charge is -2.16. The minimum atomic E-state index is -0.752. The van der Waals surface area contributed by atoms with Crippen molar-refractivity contribution in [2.75, 3.05) is 19.0 Å². The number of anilines is 1. The van der Waals surface area contributed by atoms with Crippen LogP contribution in [0.1, 0.15) is 55.3 Å². The number of ether oxygens (including phenoxy) is 3. The zero-order chi connectivity index (χ0) is 30.3. The van der Waals surface area contributed by atoms with E-state index in [1.54, 1.807) is 66.5 Å². The first-order valence-electron chi connectivity index (χ1n) is 14.3. The lowest BCUT2D eigenvalue weighted by molar-refractivity contribution is -0.121. The number of carbonyl (C=O) groups is 2. The number of hydrogen-bond acceptors (Lipinski definition) is 9. The number of carbonyl (C=O) groups excluding carboxylic acids is 2. The van der Waals surface area contributed by atoms with Gasteiger partial charge in [-0.25, -0.2) is 15.0 Å². The van der Waals surface area contributed by atoms with E-state index in [0.717, 1.165) is 17.7 Å². The largest absolute Gasteiger partial charge is 0.497 e. The number of rotatable bonds is 12. The van der Waals surface area contributed by atoms with Crippen LogP contribution < -0.4 is 20.1 Å². The fourth-order valence-corrected chi connectivity index (χ4v) is 4.70. The number of amides is 2. The molecule has 2 aromatic heterocycles. The summed E-state index contributed by atoms with van der Waals surface area (Å²) in [6, 6.07) is 14.2. The minimum absolute atomic E-state index is 0.0117. The summed E-state index contributed by atoms with van der Waals surface area (Å²) >= 11 is 0. The van der Waals surface area contributed by atoms with E-state index in [1.807, 2.05) is 0 Å². The molecule has 1 fully saturated rings. The van der Waals surface area contributed by atoms with Crippen molar-refractivity contribution in [3.63, 3.8) is 0 Å². The van der Waals surface area contributed by atoms with Gasteiger partial charge >= 0.3 is 0 Å². The van der Waals surface area contributed by atoms with Crippen molar-refractivity contribution >= 4 is 28.8 Å². The van der Waals surface area contributed by atoms with Gasteiger partial charge in [0, 0.05) is 24.9 Å². The van der Waals surface area contributed by atoms with Crippen molar-refractivity contribution < 1.29 is 28.9 Å². The van der Waals surface area contributed by atoms with Crippen molar-refractivity contribution in [2.24, 2.45) is 5.92 Å². The van der Waals surface area contributed by atoms with Crippen molar-refractivity contribution in [2.45, 2.75) is 58.1 Å². The third kappa shape index (κ3) is 7.46. The van der Waals surface area contributed by atoms with Gasteiger partial charge in [0.1, 0.15) is 36.8 Å². The van der Waals surface area contributed by atoms with Gasteiger partial charge in [-0.1, -0.05) is 26.0 Å². The zero-order valence-electron chi connectivity index (χ0n) is 24.4. The van der Waals surface area contributed by atoms with Crippen LogP contribution >= 0.6 is 0 Å². The molecule has 3 heterocycles. The summed E-state index contributed by atoms with van der Waals surface area (Å²) in [5.74, 6) is 1.75. The summed E-state index contributed by atoms with van der Waals surface area (Å²) in [5.41, 5.74) is 2.18. The van der Waals surface area contributed by atoms with Gasteiger partial charge in [0.2, 0.25) is 5.91 Å². The van der Waals surface area contributed by atoms with Crippen molar-refractivity contribution in [3.05, 3.63) is 72.3 Å². The molecule has 1 aliphatic heterocycles. The summed E-state index contributed by atoms with van der Waals surface area (Å²) in [4.78, 5) is 38.0. The Morgan fingerprint density at radius 1 is 1.07 bits per heavy atom. The predicted molar refractivity (Wildman–Crippen MR) is 159 cm³/mol. The summed E-state index contributed by atoms with van der Waals surface area (Å²) in [5, 5.41) is 16.4. The molecule has 226 valence electrons. The highest BCUT2D eigenvalue weighted by atomic mass is 16.6. The average molecular weight is 589 g/mol. The van der Waals surface area contributed by atoms with Gasteiger partial charge in [-0.3, -0.25) is 14.2 Å². The van der Waals surface area contributed by atoms with Crippen molar-refractivity contribution in [1.82, 2.24) is 24.8 Å². The van der Waals surface area contributed by atoms with Crippen LogP contribution in [0.4, 0.5) is 5.82 Å². The lowest BCUT2D eigenvalue weighted by Crippen LogP contribution is -2.28. The van der Waals surface area contributed by atoms with Gasteiger partial charge in [0.05, 0.1) is 19.5 Å². The fourth-order valence-electron chi connectivity index (χ4n) is 4.70. The molecule has 0 aliphatic carbocycles. The van der Waals surface area contributed by atoms with Gasteiger partial charge in [0.15, 0.2) is 17.0 Å². The van der Waals surface area contributed by atoms with E-state index in [-0.39, 0.29) is 24.2 Å². The number of nitrogens with zero attached hydrogens (tertiary/aromatic N) is 4. The van der Waals surface area contributed by atoms with E-state index < -0.39 is 18.4 Å². The van der Waals surface area contributed by atoms with Crippen LogP contribution in [0.5, 0.6) is 11.5 Å². The second-order valence-corrected chi connectivity index (χ2v) is 10.8. The molecule has 2 amide bonds. The number of nitrogens with one attached hydrogen (secondary N) is 2. The molecule has 5 rings (SSSR count). The number of hydrogen-bond donors (Lipinski definition) is 3. The van der Waals surface area contributed by atoms with Crippen LogP contribution in [-0.2, 0) is 16.1 Å². The third-order valence-corrected chi connectivity index (χ3v) is 7.23. The van der Waals surface area contributed by atoms with Gasteiger partial charge in [-0.2, -0.15) is 0 Å². The zero-order valence-corrected chi connectivity index (χ0v) is 24.4. The van der Waals surface area contributed by atoms with E-state index in [9.17, 15) is 14.7 Å². The molecule has 1 saturated heterocycles. The van der Waals surface area contributed by atoms with Crippen LogP contribution in [0.2, 0.25) is 0 Å². The predicted octanol–water partition coefficient (Wildman–Crippen LogP) is 3.87. The number of aliphatic hydroxyl groups excluding tert-OH is 1. The van der Waals surface area contributed by atoms with Crippen molar-refractivity contribution in [3.8, 4) is 11.5 Å². The Hall–Kier alpha value is -4.55. The molecule has 12 heteroatoms. The molecule has 3 N–H and O–H groups in total. The Labute approximate surface area is 249 Å². The number of imidazole rings is 1. The standard InChI is InChI=1S/C31H36N6O6/c1-19(2)4-13-26(39)32-15-20-5-7-21(8-6-20)31(40)36-29-28-30(34-17-33-29)37(18-35-28)27-14-24(38)25(43-27)16-42-23-11-9-22(41-3)10-12-23/h5-12,17-19,24-25,27,38H,4,13-16H2,1-3H3,(H,32,39)(H,33,34,36,40)/t24?,25-,27-/m1/s1. The van der Waals surface area contributed by atoms with Gasteiger partial charge in [-0.15, -0.1) is 0 Å². The smallest absolute Gasteiger partial charge is 0.256 e. The second kappa shape index (κ2) is 13.6. The first kappa shape index (κ1) is 29.9. The van der Waals surface area contributed by atoms with Gasteiger partial charge in [0.25, 0.3) is 5.91 Å². The highest BCUT2D eigenvalue weighted by molar-refractivity contribution is 6.06. The highest BCUT2D eigenvalue weighted by Gasteiger charge is 2.36. The number of aromatic nitrogens is 4. The number of fused-ring (bicyclic) bond motifs is 1. The molecule has 0 radical (unpaired) electrons. The Kier molecular flexibility index (Phi) is 9.48. The van der Waals surface area contributed by atoms with Gasteiger partial charge < -0.3 is 30.0 Å². The van der Waals surface area contributed by atoms with Crippen LogP contribution in [0.3, 0.4) is 0 Å². The maximum atomic E-state index is 13.0. The first-order chi connectivity index (χ1) is 20.8. The molecule has 1 aliphatic rings. The Morgan fingerprint density at radius 2 is 1.81 bits per heavy atom. The summed E-state index contributed by atoms with van der Waals surface area (Å²) in [6.45, 7) is 4.73. The maximum Gasteiger partial charge on any atom is 0.256 e. The molecule has 3 atom stereocenters. The molecule has 2 aromatic carbocycles. The monoisotopic (exact) mass is 588 g/mol. The van der Waals surface area contributed by atoms with E-state index in [1.165, 1.54) is 6.33 Å². The maximum absolute atomic E-state index is 13.0. The molecule has 4 aromatic rings. The normalized spacial score (nSPS) is 18.1. The quantitative estimate of drug-likeness (QED) is 0.224. The fraction of sp³-hybridized carbons (Fsp3) is 0.387. The summed E-state index contributed by atoms with van der Waals surface area (Å²) < 4.78 is 18.8. The first-order valence-corrected chi connectivity index (χ1v) is 14.3. The van der Waals surface area contributed by atoms with E-state index >= 15 is 0 Å². The van der Waals surface area contributed by atoms with Crippen LogP contribution in [0.15, 0.2) is 61.2 Å². The van der Waals surface area contributed by atoms with Crippen LogP contribution in [0.25, 0.3) is 11.2 Å². The molecule has 0 saturated carbocycles. The second-order valence-electron chi connectivity index (χ2n) is 10.8. The molecule has 0 bridgehead atoms. The van der Waals surface area contributed by atoms with Gasteiger partial charge in [-0.05, 0) is 54.3 Å². The molecule has 1 unspecified atom stereocenters. The Morgan fingerprint density at radius 3 is 2.53 bits per heavy atom. The SMILES string of the molecule is COc1ccc(OC[C@H]2O[C@@H](n3cnc4c(NC(=O)c5ccc(CNC(=O)CCC(C)C)cc5)ncnc43)CC2O)cc1. The van der Waals surface area contributed by atoms with E-state index in [4.69, 9.17) is 14.2 Å². The topological polar surface area (TPSA) is 150 Å². The third-order valence-electron chi connectivity index (χ3n) is 7.23. The number of methoxy groups -OCH3 is 1. The Bertz CT molecular complexity index is 1540. The molecule has 12 nitrogen and oxygen atoms in total. The summed E-state index contributed by atoms with van der Waals surface area (Å²) in [6.07, 6.45) is 2.73. The van der Waals surface area contributed by atoms with Crippen molar-refractivity contribution in [1.29, 1.82) is 0 Å². The molecule has 43 heavy (non-hydrogen) atoms. The van der Waals surface area contributed by atoms with E-state index in [2.05, 4.69) is 39.4 Å². The number of benzene rings is 2. The lowest BCUT2D eigenvalue weighted by atomic mass is 10.1. The van der Waals surface area contributed by atoms with Crippen LogP contribution in [0, 0.1) is 5.92 Å². The summed E-state index contributed by atoms with van der Waals surface area (Å²) in [7, 11) is 1.60. The molecular weight excluding hydrogens is 552 g/mol. The average Bonchev–Trinajstić information content (AvgIpc) is 3.62. The molecule has 0 spiro atoms.